The Balaban J connectivity index is 1.33. The smallest absolute Gasteiger partial charge is 0.475 e. The van der Waals surface area contributed by atoms with Gasteiger partial charge < -0.3 is 14.2 Å². The molecule has 280 valence electrons. The molecule has 3 aliphatic rings. The highest BCUT2D eigenvalue weighted by Gasteiger charge is 2.57. The summed E-state index contributed by atoms with van der Waals surface area (Å²) in [5.41, 5.74) is -2.33. The molecule has 0 radical (unpaired) electrons. The standard InChI is InChI=1S/C39H53ClNO8PS/c1-35(2,3)47-34(42)41-38(8,9)45-26-39(41,27-46-50(43)48-36(4,5)25-37(6,7)49-50)21-20-29-18-19-32(23-33(29)40)51-31-17-13-16-30(22-31)44-24-28-14-11-10-12-15-28/h10-12,14-16,18-19,22-23H,13,17,20-21,24-27H2,1-9H3. The number of phosphoric acid groups is 1. The zero-order valence-corrected chi connectivity index (χ0v) is 33.8. The van der Waals surface area contributed by atoms with Gasteiger partial charge in [-0.2, -0.15) is 0 Å². The van der Waals surface area contributed by atoms with Crippen LogP contribution >= 0.6 is 31.2 Å². The van der Waals surface area contributed by atoms with Crippen LogP contribution in [0.1, 0.15) is 99.1 Å². The van der Waals surface area contributed by atoms with Crippen molar-refractivity contribution in [3.8, 4) is 0 Å². The highest BCUT2D eigenvalue weighted by Crippen LogP contribution is 2.61. The van der Waals surface area contributed by atoms with Crippen molar-refractivity contribution in [3.05, 3.63) is 87.5 Å². The van der Waals surface area contributed by atoms with Gasteiger partial charge in [-0.15, -0.1) is 0 Å². The molecule has 1 amide bonds. The maximum absolute atomic E-state index is 14.0. The molecule has 51 heavy (non-hydrogen) atoms. The molecule has 2 aliphatic heterocycles. The second-order valence-electron chi connectivity index (χ2n) is 16.3. The van der Waals surface area contributed by atoms with Crippen molar-refractivity contribution in [2.45, 2.75) is 134 Å². The van der Waals surface area contributed by atoms with E-state index in [1.54, 1.807) is 16.7 Å². The lowest BCUT2D eigenvalue weighted by Crippen LogP contribution is -2.59. The van der Waals surface area contributed by atoms with Gasteiger partial charge in [0, 0.05) is 16.3 Å². The summed E-state index contributed by atoms with van der Waals surface area (Å²) in [6.45, 7) is 17.0. The minimum atomic E-state index is -4.03. The van der Waals surface area contributed by atoms with Gasteiger partial charge in [-0.05, 0) is 128 Å². The molecule has 12 heteroatoms. The summed E-state index contributed by atoms with van der Waals surface area (Å²) in [4.78, 5) is 17.7. The van der Waals surface area contributed by atoms with Crippen LogP contribution in [-0.2, 0) is 45.4 Å². The van der Waals surface area contributed by atoms with Crippen molar-refractivity contribution in [1.29, 1.82) is 0 Å². The number of allylic oxidation sites excluding steroid dienone is 3. The van der Waals surface area contributed by atoms with E-state index in [-0.39, 0.29) is 13.2 Å². The number of halogens is 1. The van der Waals surface area contributed by atoms with Crippen LogP contribution in [-0.4, -0.2) is 52.3 Å². The van der Waals surface area contributed by atoms with Crippen LogP contribution in [0, 0.1) is 0 Å². The number of carbonyl (C=O) groups excluding carboxylic acids is 1. The van der Waals surface area contributed by atoms with E-state index < -0.39 is 42.0 Å². The molecule has 2 fully saturated rings. The van der Waals surface area contributed by atoms with Gasteiger partial charge in [-0.25, -0.2) is 9.36 Å². The first-order valence-electron chi connectivity index (χ1n) is 17.5. The molecule has 0 bridgehead atoms. The zero-order valence-electron chi connectivity index (χ0n) is 31.4. The first kappa shape index (κ1) is 39.9. The summed E-state index contributed by atoms with van der Waals surface area (Å²) in [6, 6.07) is 16.2. The average Bonchev–Trinajstić information content (AvgIpc) is 3.27. The Labute approximate surface area is 313 Å². The third-order valence-corrected chi connectivity index (χ3v) is 12.1. The first-order chi connectivity index (χ1) is 23.7. The van der Waals surface area contributed by atoms with Crippen molar-refractivity contribution in [1.82, 2.24) is 4.90 Å². The van der Waals surface area contributed by atoms with E-state index in [0.717, 1.165) is 34.6 Å². The van der Waals surface area contributed by atoms with Crippen LogP contribution in [0.2, 0.25) is 5.02 Å². The second kappa shape index (κ2) is 15.2. The summed E-state index contributed by atoms with van der Waals surface area (Å²) in [7, 11) is -4.03. The number of phosphoric ester groups is 1. The normalized spacial score (nSPS) is 23.7. The highest BCUT2D eigenvalue weighted by molar-refractivity contribution is 8.03. The number of thioether (sulfide) groups is 1. The van der Waals surface area contributed by atoms with Crippen LogP contribution < -0.4 is 0 Å². The lowest BCUT2D eigenvalue weighted by atomic mass is 9.91. The second-order valence-corrected chi connectivity index (χ2v) is 19.4. The topological polar surface area (TPSA) is 92.8 Å². The molecule has 5 rings (SSSR count). The molecule has 0 saturated carbocycles. The Bertz CT molecular complexity index is 1670. The first-order valence-corrected chi connectivity index (χ1v) is 20.2. The predicted octanol–water partition coefficient (Wildman–Crippen LogP) is 11.0. The molecule has 1 atom stereocenters. The predicted molar refractivity (Wildman–Crippen MR) is 202 cm³/mol. The van der Waals surface area contributed by atoms with E-state index in [2.05, 4.69) is 30.4 Å². The van der Waals surface area contributed by atoms with Gasteiger partial charge in [-0.3, -0.25) is 18.5 Å². The maximum atomic E-state index is 14.0. The molecular weight excluding hydrogens is 709 g/mol. The van der Waals surface area contributed by atoms with Gasteiger partial charge in [0.2, 0.25) is 0 Å². The Hall–Kier alpha value is -2.30. The maximum Gasteiger partial charge on any atom is 0.475 e. The lowest BCUT2D eigenvalue weighted by Gasteiger charge is -2.45. The van der Waals surface area contributed by atoms with Gasteiger partial charge in [0.15, 0.2) is 0 Å². The molecular formula is C39H53ClNO8PS. The van der Waals surface area contributed by atoms with Gasteiger partial charge in [-0.1, -0.05) is 59.8 Å². The number of ether oxygens (including phenoxy) is 3. The van der Waals surface area contributed by atoms with E-state index in [0.29, 0.717) is 30.9 Å². The summed E-state index contributed by atoms with van der Waals surface area (Å²) < 4.78 is 50.2. The van der Waals surface area contributed by atoms with E-state index in [9.17, 15) is 9.36 Å². The zero-order chi connectivity index (χ0) is 37.3. The fourth-order valence-electron chi connectivity index (χ4n) is 6.94. The Kier molecular flexibility index (Phi) is 11.9. The molecule has 0 spiro atoms. The van der Waals surface area contributed by atoms with Gasteiger partial charge in [0.1, 0.15) is 23.7 Å². The van der Waals surface area contributed by atoms with Crippen molar-refractivity contribution in [3.63, 3.8) is 0 Å². The fourth-order valence-corrected chi connectivity index (χ4v) is 10.2. The molecule has 0 N–H and O–H groups in total. The summed E-state index contributed by atoms with van der Waals surface area (Å²) >= 11 is 8.60. The number of amides is 1. The van der Waals surface area contributed by atoms with Crippen molar-refractivity contribution in [2.24, 2.45) is 0 Å². The van der Waals surface area contributed by atoms with Gasteiger partial charge >= 0.3 is 13.9 Å². The SMILES string of the molecule is CC(C)(C)OC(=O)N1C(CCc2ccc(SC3=CC(OCc4ccccc4)=CCC3)cc2Cl)(COP2(=O)OC(C)(C)CC(C)(C)O2)COC1(C)C. The Morgan fingerprint density at radius 3 is 2.35 bits per heavy atom. The van der Waals surface area contributed by atoms with Crippen LogP contribution in [0.25, 0.3) is 0 Å². The molecule has 1 aliphatic carbocycles. The van der Waals surface area contributed by atoms with E-state index in [4.69, 9.17) is 39.4 Å². The van der Waals surface area contributed by atoms with E-state index >= 15 is 0 Å². The van der Waals surface area contributed by atoms with Crippen molar-refractivity contribution < 1.29 is 37.1 Å². The highest BCUT2D eigenvalue weighted by atomic mass is 35.5. The van der Waals surface area contributed by atoms with Crippen LogP contribution in [0.5, 0.6) is 0 Å². The largest absolute Gasteiger partial charge is 0.489 e. The fraction of sp³-hybridized carbons (Fsp3) is 0.564. The number of hydrogen-bond acceptors (Lipinski definition) is 9. The number of hydrogen-bond donors (Lipinski definition) is 0. The van der Waals surface area contributed by atoms with Crippen molar-refractivity contribution >= 4 is 37.3 Å². The minimum absolute atomic E-state index is 0.119. The molecule has 0 aromatic heterocycles. The van der Waals surface area contributed by atoms with Gasteiger partial charge in [0.05, 0.1) is 30.0 Å². The molecule has 2 aromatic carbocycles. The average molecular weight is 762 g/mol. The molecule has 2 aromatic rings. The van der Waals surface area contributed by atoms with Crippen LogP contribution in [0.15, 0.2) is 76.2 Å². The Morgan fingerprint density at radius 2 is 1.71 bits per heavy atom. The van der Waals surface area contributed by atoms with Crippen LogP contribution in [0.4, 0.5) is 4.79 Å². The monoisotopic (exact) mass is 761 g/mol. The third kappa shape index (κ3) is 10.7. The van der Waals surface area contributed by atoms with Crippen molar-refractivity contribution in [2.75, 3.05) is 13.2 Å². The number of benzene rings is 2. The number of nitrogens with zero attached hydrogens (tertiary/aromatic N) is 1. The van der Waals surface area contributed by atoms with E-state index in [1.807, 2.05) is 92.6 Å². The number of rotatable bonds is 11. The summed E-state index contributed by atoms with van der Waals surface area (Å²) in [6.07, 6.45) is 6.90. The quantitative estimate of drug-likeness (QED) is 0.207. The lowest BCUT2D eigenvalue weighted by molar-refractivity contribution is -0.100. The molecule has 1 unspecified atom stereocenters. The molecule has 2 saturated heterocycles. The molecule has 9 nitrogen and oxygen atoms in total. The molecule has 2 heterocycles. The minimum Gasteiger partial charge on any atom is -0.489 e. The number of aryl methyl sites for hydroxylation is 1. The third-order valence-electron chi connectivity index (χ3n) is 8.76. The summed E-state index contributed by atoms with van der Waals surface area (Å²) in [5, 5.41) is 0.612. The summed E-state index contributed by atoms with van der Waals surface area (Å²) in [5.74, 6) is 0.873. The number of carbonyl (C=O) groups is 1. The van der Waals surface area contributed by atoms with Crippen LogP contribution in [0.3, 0.4) is 0 Å². The van der Waals surface area contributed by atoms with E-state index in [1.165, 1.54) is 4.91 Å². The Morgan fingerprint density at radius 1 is 1.02 bits per heavy atom. The van der Waals surface area contributed by atoms with Gasteiger partial charge in [0.25, 0.3) is 0 Å².